The van der Waals surface area contributed by atoms with Crippen LogP contribution in [0, 0.1) is 11.8 Å². The van der Waals surface area contributed by atoms with Gasteiger partial charge in [-0.1, -0.05) is 100 Å². The molecule has 6 heteroatoms. The van der Waals surface area contributed by atoms with Gasteiger partial charge in [-0.2, -0.15) is 0 Å². The summed E-state index contributed by atoms with van der Waals surface area (Å²) < 4.78 is 32.4. The highest BCUT2D eigenvalue weighted by molar-refractivity contribution is 7.77. The van der Waals surface area contributed by atoms with E-state index in [2.05, 4.69) is 23.2 Å². The SMILES string of the molecule is CC.CC1CCN(P(=O)(c2ccccc2)c2ccccc2)CC1.CC1CCN(P(=O)(c2ccccc2)c2ccccc2)CC1. The second-order valence-electron chi connectivity index (χ2n) is 11.8. The van der Waals surface area contributed by atoms with Crippen molar-refractivity contribution in [2.45, 2.75) is 53.4 Å². The second kappa shape index (κ2) is 16.5. The molecule has 234 valence electrons. The van der Waals surface area contributed by atoms with Crippen molar-refractivity contribution in [3.8, 4) is 0 Å². The van der Waals surface area contributed by atoms with Gasteiger partial charge in [0.2, 0.25) is 14.6 Å². The van der Waals surface area contributed by atoms with Crippen LogP contribution in [0.2, 0.25) is 0 Å². The molecule has 2 aliphatic heterocycles. The molecule has 2 fully saturated rings. The van der Waals surface area contributed by atoms with Gasteiger partial charge in [0.15, 0.2) is 0 Å². The molecule has 2 saturated heterocycles. The predicted molar refractivity (Wildman–Crippen MR) is 191 cm³/mol. The van der Waals surface area contributed by atoms with Gasteiger partial charge in [-0.25, -0.2) is 9.34 Å². The van der Waals surface area contributed by atoms with Crippen LogP contribution in [-0.2, 0) is 9.13 Å². The largest absolute Gasteiger partial charge is 0.296 e. The maximum atomic E-state index is 14.0. The minimum absolute atomic E-state index is 0.737. The molecular formula is C38H50N2O2P2. The van der Waals surface area contributed by atoms with E-state index < -0.39 is 14.6 Å². The number of nitrogens with zero attached hydrogens (tertiary/aromatic N) is 2. The van der Waals surface area contributed by atoms with E-state index in [4.69, 9.17) is 0 Å². The molecule has 4 aromatic carbocycles. The lowest BCUT2D eigenvalue weighted by molar-refractivity contribution is 0.291. The van der Waals surface area contributed by atoms with Crippen LogP contribution in [0.25, 0.3) is 0 Å². The van der Waals surface area contributed by atoms with Crippen molar-refractivity contribution < 1.29 is 9.13 Å². The third-order valence-electron chi connectivity index (χ3n) is 8.74. The summed E-state index contributed by atoms with van der Waals surface area (Å²) in [6.45, 7) is 12.2. The van der Waals surface area contributed by atoms with Crippen LogP contribution in [0.5, 0.6) is 0 Å². The first kappa shape index (κ1) is 34.1. The van der Waals surface area contributed by atoms with Crippen molar-refractivity contribution in [2.75, 3.05) is 26.2 Å². The summed E-state index contributed by atoms with van der Waals surface area (Å²) in [5.41, 5.74) is 0. The fraction of sp³-hybridized carbons (Fsp3) is 0.368. The van der Waals surface area contributed by atoms with Crippen LogP contribution in [0.15, 0.2) is 121 Å². The molecule has 44 heavy (non-hydrogen) atoms. The number of hydrogen-bond donors (Lipinski definition) is 0. The summed E-state index contributed by atoms with van der Waals surface area (Å²) in [6, 6.07) is 39.8. The van der Waals surface area contributed by atoms with E-state index >= 15 is 0 Å². The van der Waals surface area contributed by atoms with E-state index in [1.165, 1.54) is 0 Å². The van der Waals surface area contributed by atoms with E-state index in [1.807, 2.05) is 135 Å². The zero-order valence-electron chi connectivity index (χ0n) is 27.0. The Morgan fingerprint density at radius 2 is 0.636 bits per heavy atom. The summed E-state index contributed by atoms with van der Waals surface area (Å²) in [5.74, 6) is 1.47. The summed E-state index contributed by atoms with van der Waals surface area (Å²) in [6.07, 6.45) is 4.51. The normalized spacial score (nSPS) is 17.1. The Bertz CT molecular complexity index is 1260. The van der Waals surface area contributed by atoms with Gasteiger partial charge in [0.25, 0.3) is 0 Å². The quantitative estimate of drug-likeness (QED) is 0.202. The molecule has 0 aromatic heterocycles. The zero-order chi connectivity index (χ0) is 31.4. The van der Waals surface area contributed by atoms with Crippen molar-refractivity contribution in [2.24, 2.45) is 11.8 Å². The molecule has 6 rings (SSSR count). The Morgan fingerprint density at radius 3 is 0.841 bits per heavy atom. The maximum Gasteiger partial charge on any atom is 0.207 e. The van der Waals surface area contributed by atoms with E-state index in [1.54, 1.807) is 0 Å². The number of hydrogen-bond acceptors (Lipinski definition) is 2. The number of piperidine rings is 2. The zero-order valence-corrected chi connectivity index (χ0v) is 28.8. The highest BCUT2D eigenvalue weighted by atomic mass is 31.2. The van der Waals surface area contributed by atoms with E-state index in [-0.39, 0.29) is 0 Å². The molecule has 0 aliphatic carbocycles. The van der Waals surface area contributed by atoms with Gasteiger partial charge in [-0.05, 0) is 86.1 Å². The first-order chi connectivity index (χ1) is 21.4. The fourth-order valence-corrected chi connectivity index (χ4v) is 11.8. The highest BCUT2D eigenvalue weighted by Crippen LogP contribution is 2.50. The van der Waals surface area contributed by atoms with Crippen LogP contribution in [-0.4, -0.2) is 35.5 Å². The molecule has 0 atom stereocenters. The molecule has 0 amide bonds. The van der Waals surface area contributed by atoms with Gasteiger partial charge in [0.05, 0.1) is 0 Å². The molecule has 0 radical (unpaired) electrons. The van der Waals surface area contributed by atoms with E-state index in [0.29, 0.717) is 0 Å². The molecule has 0 saturated carbocycles. The lowest BCUT2D eigenvalue weighted by Gasteiger charge is -2.37. The summed E-state index contributed by atoms with van der Waals surface area (Å²) in [4.78, 5) is 0. The van der Waals surface area contributed by atoms with Gasteiger partial charge in [0.1, 0.15) is 0 Å². The molecule has 0 N–H and O–H groups in total. The van der Waals surface area contributed by atoms with Crippen molar-refractivity contribution >= 4 is 35.8 Å². The van der Waals surface area contributed by atoms with Crippen LogP contribution < -0.4 is 21.2 Å². The fourth-order valence-electron chi connectivity index (χ4n) is 6.02. The van der Waals surface area contributed by atoms with Crippen molar-refractivity contribution in [1.29, 1.82) is 0 Å². The smallest absolute Gasteiger partial charge is 0.207 e. The predicted octanol–water partition coefficient (Wildman–Crippen LogP) is 8.32. The Kier molecular flexibility index (Phi) is 12.8. The topological polar surface area (TPSA) is 40.6 Å². The summed E-state index contributed by atoms with van der Waals surface area (Å²) in [5, 5.41) is 3.80. The molecule has 0 bridgehead atoms. The van der Waals surface area contributed by atoms with E-state index in [0.717, 1.165) is 84.9 Å². The Balaban J connectivity index is 0.000000190. The minimum Gasteiger partial charge on any atom is -0.296 e. The molecule has 4 aromatic rings. The van der Waals surface area contributed by atoms with Crippen LogP contribution in [0.4, 0.5) is 0 Å². The lowest BCUT2D eigenvalue weighted by atomic mass is 10.0. The standard InChI is InChI=1S/2C18H22NOP.C2H6/c2*1-16-12-14-19(15-13-16)21(20,17-8-4-2-5-9-17)18-10-6-3-7-11-18;1-2/h2*2-11,16H,12-15H2,1H3;1-2H3. The molecule has 0 unspecified atom stereocenters. The Hall–Kier alpha value is -2.74. The first-order valence-electron chi connectivity index (χ1n) is 16.4. The van der Waals surface area contributed by atoms with E-state index in [9.17, 15) is 9.13 Å². The van der Waals surface area contributed by atoms with Crippen LogP contribution in [0.1, 0.15) is 53.4 Å². The van der Waals surface area contributed by atoms with Crippen molar-refractivity contribution in [3.63, 3.8) is 0 Å². The monoisotopic (exact) mass is 628 g/mol. The van der Waals surface area contributed by atoms with Crippen molar-refractivity contribution in [3.05, 3.63) is 121 Å². The molecule has 4 nitrogen and oxygen atoms in total. The van der Waals surface area contributed by atoms with Gasteiger partial charge in [-0.15, -0.1) is 0 Å². The summed E-state index contributed by atoms with van der Waals surface area (Å²) >= 11 is 0. The third-order valence-corrected chi connectivity index (χ3v) is 15.1. The molecular weight excluding hydrogens is 578 g/mol. The molecule has 2 heterocycles. The van der Waals surface area contributed by atoms with Crippen LogP contribution >= 0.6 is 14.6 Å². The average molecular weight is 629 g/mol. The number of rotatable bonds is 6. The minimum atomic E-state index is -2.69. The summed E-state index contributed by atoms with van der Waals surface area (Å²) in [7, 11) is -5.39. The first-order valence-corrected chi connectivity index (χ1v) is 19.7. The van der Waals surface area contributed by atoms with Gasteiger partial charge < -0.3 is 0 Å². The van der Waals surface area contributed by atoms with Gasteiger partial charge in [0, 0.05) is 47.4 Å². The Labute approximate surface area is 266 Å². The van der Waals surface area contributed by atoms with Gasteiger partial charge >= 0.3 is 0 Å². The molecule has 0 spiro atoms. The number of benzene rings is 4. The van der Waals surface area contributed by atoms with Gasteiger partial charge in [-0.3, -0.25) is 9.13 Å². The lowest BCUT2D eigenvalue weighted by Crippen LogP contribution is -2.37. The van der Waals surface area contributed by atoms with Crippen molar-refractivity contribution in [1.82, 2.24) is 9.34 Å². The second-order valence-corrected chi connectivity index (χ2v) is 17.3. The average Bonchev–Trinajstić information content (AvgIpc) is 3.11. The third kappa shape index (κ3) is 7.91. The maximum absolute atomic E-state index is 14.0. The highest BCUT2D eigenvalue weighted by Gasteiger charge is 2.37. The Morgan fingerprint density at radius 1 is 0.432 bits per heavy atom. The van der Waals surface area contributed by atoms with Crippen LogP contribution in [0.3, 0.4) is 0 Å². The molecule has 2 aliphatic rings.